The van der Waals surface area contributed by atoms with Crippen LogP contribution in [-0.2, 0) is 16.2 Å². The van der Waals surface area contributed by atoms with Gasteiger partial charge in [0.2, 0.25) is 0 Å². The van der Waals surface area contributed by atoms with Gasteiger partial charge in [-0.05, 0) is 94.5 Å². The van der Waals surface area contributed by atoms with Crippen molar-refractivity contribution in [3.05, 3.63) is 77.6 Å². The fraction of sp³-hybridized carbons (Fsp3) is 0.514. The van der Waals surface area contributed by atoms with E-state index in [-0.39, 0.29) is 29.0 Å². The van der Waals surface area contributed by atoms with Crippen molar-refractivity contribution in [3.63, 3.8) is 0 Å². The van der Waals surface area contributed by atoms with Gasteiger partial charge in [0, 0.05) is 47.3 Å². The van der Waals surface area contributed by atoms with Crippen LogP contribution in [-0.4, -0.2) is 29.6 Å². The summed E-state index contributed by atoms with van der Waals surface area (Å²) in [6.07, 6.45) is 8.40. The molecule has 240 valence electrons. The van der Waals surface area contributed by atoms with Crippen molar-refractivity contribution < 1.29 is 19.1 Å². The smallest absolute Gasteiger partial charge is 0.174 e. The van der Waals surface area contributed by atoms with E-state index in [2.05, 4.69) is 61.3 Å². The molecule has 0 unspecified atom stereocenters. The quantitative estimate of drug-likeness (QED) is 0.275. The molecule has 0 spiro atoms. The van der Waals surface area contributed by atoms with E-state index in [1.54, 1.807) is 19.2 Å². The molecule has 4 aliphatic rings. The molecule has 1 saturated carbocycles. The maximum Gasteiger partial charge on any atom is 0.174 e. The SMILES string of the molecule is COc1cc(C2C3=C(CC(C)(C)CC3=O)N(C3CCCCC3)C3=C2C(=O)CC(C)(C)C3)cc(I)c1OCc1ccc(Cl)c(Cl)c1. The molecule has 3 aliphatic carbocycles. The standard InChI is InChI=1S/C37H42Cl2INO4/c1-36(2)16-27-33(29(42)18-36)32(34-28(17-37(3,4)19-30(34)43)41(27)23-9-7-6-8-10-23)22-14-26(40)35(31(15-22)44-5)45-20-21-11-12-24(38)25(39)13-21/h11-15,23,32H,6-10,16-20H2,1-5H3. The zero-order valence-corrected chi connectivity index (χ0v) is 30.5. The minimum Gasteiger partial charge on any atom is -0.493 e. The van der Waals surface area contributed by atoms with Crippen LogP contribution < -0.4 is 9.47 Å². The molecule has 5 nitrogen and oxygen atoms in total. The van der Waals surface area contributed by atoms with E-state index in [1.807, 2.05) is 12.1 Å². The third kappa shape index (κ3) is 6.45. The zero-order chi connectivity index (χ0) is 32.3. The number of carbonyl (C=O) groups is 2. The van der Waals surface area contributed by atoms with Crippen LogP contribution in [0.15, 0.2) is 52.9 Å². The summed E-state index contributed by atoms with van der Waals surface area (Å²) in [5.74, 6) is 1.08. The number of rotatable bonds is 6. The summed E-state index contributed by atoms with van der Waals surface area (Å²) in [5.41, 5.74) is 5.42. The van der Waals surface area contributed by atoms with Crippen LogP contribution in [0, 0.1) is 14.4 Å². The number of allylic oxidation sites excluding steroid dienone is 4. The van der Waals surface area contributed by atoms with Crippen LogP contribution in [0.4, 0.5) is 0 Å². The van der Waals surface area contributed by atoms with Gasteiger partial charge in [0.1, 0.15) is 6.61 Å². The van der Waals surface area contributed by atoms with Crippen molar-refractivity contribution in [2.24, 2.45) is 10.8 Å². The van der Waals surface area contributed by atoms with Crippen molar-refractivity contribution >= 4 is 57.4 Å². The Balaban J connectivity index is 1.49. The number of benzene rings is 2. The number of hydrogen-bond acceptors (Lipinski definition) is 5. The van der Waals surface area contributed by atoms with Gasteiger partial charge in [-0.25, -0.2) is 0 Å². The van der Waals surface area contributed by atoms with Gasteiger partial charge in [-0.1, -0.05) is 76.2 Å². The van der Waals surface area contributed by atoms with E-state index in [4.69, 9.17) is 32.7 Å². The predicted octanol–water partition coefficient (Wildman–Crippen LogP) is 10.2. The monoisotopic (exact) mass is 761 g/mol. The van der Waals surface area contributed by atoms with E-state index in [0.717, 1.165) is 62.9 Å². The molecule has 2 aromatic carbocycles. The van der Waals surface area contributed by atoms with Gasteiger partial charge >= 0.3 is 0 Å². The molecule has 6 rings (SSSR count). The minimum atomic E-state index is -0.423. The first-order valence-electron chi connectivity index (χ1n) is 16.0. The third-order valence-electron chi connectivity index (χ3n) is 9.84. The van der Waals surface area contributed by atoms with E-state index in [1.165, 1.54) is 19.3 Å². The largest absolute Gasteiger partial charge is 0.493 e. The number of ether oxygens (including phenoxy) is 2. The van der Waals surface area contributed by atoms with Gasteiger partial charge in [-0.3, -0.25) is 9.59 Å². The number of halogens is 3. The Labute approximate surface area is 290 Å². The molecule has 0 atom stereocenters. The molecule has 0 aromatic heterocycles. The maximum absolute atomic E-state index is 14.3. The molecule has 1 fully saturated rings. The molecule has 2 aromatic rings. The highest BCUT2D eigenvalue weighted by Gasteiger charge is 2.50. The second kappa shape index (κ2) is 12.5. The van der Waals surface area contributed by atoms with Crippen molar-refractivity contribution in [2.45, 2.75) is 104 Å². The number of ketones is 2. The molecule has 8 heteroatoms. The highest BCUT2D eigenvalue weighted by Crippen LogP contribution is 2.56. The number of carbonyl (C=O) groups excluding carboxylic acids is 2. The lowest BCUT2D eigenvalue weighted by Gasteiger charge is -2.52. The number of nitrogens with zero attached hydrogens (tertiary/aromatic N) is 1. The first-order valence-corrected chi connectivity index (χ1v) is 17.9. The number of hydrogen-bond donors (Lipinski definition) is 0. The first kappa shape index (κ1) is 32.9. The first-order chi connectivity index (χ1) is 21.3. The molecular formula is C37H42Cl2INO4. The van der Waals surface area contributed by atoms with Crippen LogP contribution in [0.2, 0.25) is 10.0 Å². The fourth-order valence-electron chi connectivity index (χ4n) is 7.94. The molecule has 0 amide bonds. The van der Waals surface area contributed by atoms with E-state index < -0.39 is 5.92 Å². The fourth-order valence-corrected chi connectivity index (χ4v) is 9.04. The summed E-state index contributed by atoms with van der Waals surface area (Å²) in [5, 5.41) is 0.971. The van der Waals surface area contributed by atoms with Crippen LogP contribution in [0.1, 0.15) is 103 Å². The van der Waals surface area contributed by atoms with Crippen molar-refractivity contribution in [3.8, 4) is 11.5 Å². The van der Waals surface area contributed by atoms with Crippen LogP contribution in [0.5, 0.6) is 11.5 Å². The molecule has 0 N–H and O–H groups in total. The molecule has 0 saturated heterocycles. The Morgan fingerprint density at radius 2 is 1.44 bits per heavy atom. The second-order valence-corrected chi connectivity index (χ2v) is 16.7. The van der Waals surface area contributed by atoms with E-state index >= 15 is 0 Å². The van der Waals surface area contributed by atoms with Gasteiger partial charge < -0.3 is 14.4 Å². The highest BCUT2D eigenvalue weighted by molar-refractivity contribution is 14.1. The summed E-state index contributed by atoms with van der Waals surface area (Å²) in [6.45, 7) is 9.10. The summed E-state index contributed by atoms with van der Waals surface area (Å²) >= 11 is 14.6. The maximum atomic E-state index is 14.3. The van der Waals surface area contributed by atoms with Gasteiger partial charge in [0.15, 0.2) is 23.1 Å². The molecular weight excluding hydrogens is 720 g/mol. The van der Waals surface area contributed by atoms with E-state index in [9.17, 15) is 9.59 Å². The topological polar surface area (TPSA) is 55.8 Å². The van der Waals surface area contributed by atoms with Crippen molar-refractivity contribution in [2.75, 3.05) is 7.11 Å². The highest BCUT2D eigenvalue weighted by atomic mass is 127. The average Bonchev–Trinajstić information content (AvgIpc) is 2.96. The molecule has 1 heterocycles. The molecule has 0 bridgehead atoms. The van der Waals surface area contributed by atoms with Gasteiger partial charge in [0.05, 0.1) is 20.7 Å². The predicted molar refractivity (Wildman–Crippen MR) is 188 cm³/mol. The van der Waals surface area contributed by atoms with Crippen LogP contribution in [0.25, 0.3) is 0 Å². The lowest BCUT2D eigenvalue weighted by molar-refractivity contribution is -0.119. The Bertz CT molecular complexity index is 1560. The molecule has 0 radical (unpaired) electrons. The Hall–Kier alpha value is -2.03. The Morgan fingerprint density at radius 1 is 0.844 bits per heavy atom. The molecule has 45 heavy (non-hydrogen) atoms. The summed E-state index contributed by atoms with van der Waals surface area (Å²) in [7, 11) is 1.63. The van der Waals surface area contributed by atoms with Gasteiger partial charge in [-0.2, -0.15) is 0 Å². The lowest BCUT2D eigenvalue weighted by atomic mass is 9.63. The average molecular weight is 763 g/mol. The molecule has 1 aliphatic heterocycles. The third-order valence-corrected chi connectivity index (χ3v) is 11.4. The lowest BCUT2D eigenvalue weighted by Crippen LogP contribution is -2.48. The minimum absolute atomic E-state index is 0.145. The second-order valence-electron chi connectivity index (χ2n) is 14.8. The number of Topliss-reactive ketones (excluding diaryl/α,β-unsaturated/α-hetero) is 2. The zero-order valence-electron chi connectivity index (χ0n) is 26.8. The van der Waals surface area contributed by atoms with Gasteiger partial charge in [-0.15, -0.1) is 0 Å². The normalized spacial score (nSPS) is 22.0. The van der Waals surface area contributed by atoms with E-state index in [0.29, 0.717) is 40.4 Å². The van der Waals surface area contributed by atoms with Crippen molar-refractivity contribution in [1.29, 1.82) is 0 Å². The van der Waals surface area contributed by atoms with Gasteiger partial charge in [0.25, 0.3) is 0 Å². The van der Waals surface area contributed by atoms with Crippen LogP contribution in [0.3, 0.4) is 0 Å². The van der Waals surface area contributed by atoms with Crippen molar-refractivity contribution in [1.82, 2.24) is 4.90 Å². The number of methoxy groups -OCH3 is 1. The Morgan fingerprint density at radius 3 is 2.00 bits per heavy atom. The summed E-state index contributed by atoms with van der Waals surface area (Å²) in [4.78, 5) is 31.1. The van der Waals surface area contributed by atoms with Crippen LogP contribution >= 0.6 is 45.8 Å². The summed E-state index contributed by atoms with van der Waals surface area (Å²) in [6, 6.07) is 9.81. The summed E-state index contributed by atoms with van der Waals surface area (Å²) < 4.78 is 13.1. The Kier molecular flexibility index (Phi) is 9.16.